The van der Waals surface area contributed by atoms with E-state index in [-0.39, 0.29) is 5.91 Å². The number of amides is 1. The second kappa shape index (κ2) is 8.27. The lowest BCUT2D eigenvalue weighted by Crippen LogP contribution is -2.34. The number of carbonyl (C=O) groups excluding carboxylic acids is 1. The van der Waals surface area contributed by atoms with Crippen LogP contribution in [0.3, 0.4) is 0 Å². The second-order valence-corrected chi connectivity index (χ2v) is 6.56. The fourth-order valence-corrected chi connectivity index (χ4v) is 3.21. The molecule has 1 aliphatic heterocycles. The lowest BCUT2D eigenvalue weighted by Gasteiger charge is -2.25. The lowest BCUT2D eigenvalue weighted by molar-refractivity contribution is -0.129. The van der Waals surface area contributed by atoms with Crippen LogP contribution in [0.4, 0.5) is 0 Å². The zero-order valence-corrected chi connectivity index (χ0v) is 14.4. The topological polar surface area (TPSA) is 45.2 Å². The molecule has 1 saturated heterocycles. The Labute approximate surface area is 147 Å². The number of carbonyl (C=O) groups is 1. The van der Waals surface area contributed by atoms with E-state index >= 15 is 0 Å². The Hall–Kier alpha value is -1.91. The summed E-state index contributed by atoms with van der Waals surface area (Å²) in [5, 5.41) is 4.14. The van der Waals surface area contributed by atoms with Crippen LogP contribution in [0.5, 0.6) is 0 Å². The molecule has 24 heavy (non-hydrogen) atoms. The Balaban J connectivity index is 1.48. The van der Waals surface area contributed by atoms with E-state index in [0.29, 0.717) is 19.0 Å². The molecular formula is C19H22ClN3O. The van der Waals surface area contributed by atoms with E-state index < -0.39 is 0 Å². The molecule has 0 spiro atoms. The number of rotatable bonds is 7. The molecule has 3 rings (SSSR count). The molecule has 0 radical (unpaired) electrons. The molecule has 1 fully saturated rings. The fraction of sp³-hybridized carbons (Fsp3) is 0.368. The molecule has 2 aromatic rings. The summed E-state index contributed by atoms with van der Waals surface area (Å²) < 4.78 is 0. The predicted octanol–water partition coefficient (Wildman–Crippen LogP) is 3.41. The molecule has 0 aliphatic carbocycles. The number of hydrogen-bond donors (Lipinski definition) is 1. The Morgan fingerprint density at radius 2 is 2.04 bits per heavy atom. The van der Waals surface area contributed by atoms with Crippen molar-refractivity contribution in [2.45, 2.75) is 38.4 Å². The summed E-state index contributed by atoms with van der Waals surface area (Å²) in [5.41, 5.74) is 2.17. The van der Waals surface area contributed by atoms with Gasteiger partial charge in [0.1, 0.15) is 0 Å². The fourth-order valence-electron chi connectivity index (χ4n) is 3.08. The first-order valence-electron chi connectivity index (χ1n) is 8.37. The number of halogens is 1. The molecule has 1 N–H and O–H groups in total. The Kier molecular flexibility index (Phi) is 5.83. The molecule has 1 aromatic heterocycles. The number of benzene rings is 1. The van der Waals surface area contributed by atoms with Crippen molar-refractivity contribution >= 4 is 17.5 Å². The summed E-state index contributed by atoms with van der Waals surface area (Å²) in [6.45, 7) is 2.31. The van der Waals surface area contributed by atoms with Crippen molar-refractivity contribution in [1.29, 1.82) is 0 Å². The third-order valence-electron chi connectivity index (χ3n) is 4.41. The maximum absolute atomic E-state index is 12.2. The summed E-state index contributed by atoms with van der Waals surface area (Å²) >= 11 is 5.93. The number of nitrogens with zero attached hydrogens (tertiary/aromatic N) is 2. The molecular weight excluding hydrogens is 322 g/mol. The summed E-state index contributed by atoms with van der Waals surface area (Å²) in [6, 6.07) is 14.0. The minimum Gasteiger partial charge on any atom is -0.335 e. The highest BCUT2D eigenvalue weighted by Gasteiger charge is 2.30. The van der Waals surface area contributed by atoms with Gasteiger partial charge >= 0.3 is 0 Å². The van der Waals surface area contributed by atoms with Gasteiger partial charge in [-0.25, -0.2) is 0 Å². The van der Waals surface area contributed by atoms with Gasteiger partial charge in [0, 0.05) is 36.8 Å². The Morgan fingerprint density at radius 1 is 1.21 bits per heavy atom. The van der Waals surface area contributed by atoms with Gasteiger partial charge in [0.25, 0.3) is 0 Å². The van der Waals surface area contributed by atoms with Gasteiger partial charge in [-0.3, -0.25) is 9.78 Å². The zero-order valence-electron chi connectivity index (χ0n) is 13.6. The van der Waals surface area contributed by atoms with Crippen LogP contribution in [-0.4, -0.2) is 28.4 Å². The van der Waals surface area contributed by atoms with E-state index in [9.17, 15) is 4.79 Å². The smallest absolute Gasteiger partial charge is 0.223 e. The van der Waals surface area contributed by atoms with Crippen LogP contribution in [0.25, 0.3) is 0 Å². The second-order valence-electron chi connectivity index (χ2n) is 6.13. The van der Waals surface area contributed by atoms with Crippen molar-refractivity contribution in [2.24, 2.45) is 0 Å². The predicted molar refractivity (Wildman–Crippen MR) is 95.6 cm³/mol. The molecule has 1 aromatic carbocycles. The number of pyridine rings is 1. The molecule has 1 amide bonds. The highest BCUT2D eigenvalue weighted by atomic mass is 35.5. The van der Waals surface area contributed by atoms with Crippen LogP contribution in [0, 0.1) is 0 Å². The van der Waals surface area contributed by atoms with Crippen LogP contribution in [-0.2, 0) is 17.9 Å². The first-order valence-corrected chi connectivity index (χ1v) is 8.75. The van der Waals surface area contributed by atoms with E-state index in [4.69, 9.17) is 11.6 Å². The van der Waals surface area contributed by atoms with Crippen molar-refractivity contribution in [3.63, 3.8) is 0 Å². The van der Waals surface area contributed by atoms with Crippen LogP contribution in [0.1, 0.15) is 30.5 Å². The average molecular weight is 344 g/mol. The van der Waals surface area contributed by atoms with Crippen molar-refractivity contribution in [2.75, 3.05) is 6.54 Å². The molecule has 1 atom stereocenters. The molecule has 1 aliphatic rings. The number of hydrogen-bond acceptors (Lipinski definition) is 3. The number of likely N-dealkylation sites (tertiary alicyclic amines) is 1. The molecule has 1 unspecified atom stereocenters. The monoisotopic (exact) mass is 343 g/mol. The van der Waals surface area contributed by atoms with Crippen molar-refractivity contribution in [1.82, 2.24) is 15.2 Å². The minimum absolute atomic E-state index is 0.250. The summed E-state index contributed by atoms with van der Waals surface area (Å²) in [5.74, 6) is 0.250. The largest absolute Gasteiger partial charge is 0.335 e. The molecule has 0 bridgehead atoms. The maximum atomic E-state index is 12.2. The number of nitrogens with one attached hydrogen (secondary N) is 1. The van der Waals surface area contributed by atoms with Gasteiger partial charge in [0.05, 0.1) is 5.69 Å². The summed E-state index contributed by atoms with van der Waals surface area (Å²) in [4.78, 5) is 18.5. The van der Waals surface area contributed by atoms with Crippen LogP contribution in [0.2, 0.25) is 5.02 Å². The lowest BCUT2D eigenvalue weighted by atomic mass is 10.1. The van der Waals surface area contributed by atoms with Gasteiger partial charge in [-0.2, -0.15) is 0 Å². The average Bonchev–Trinajstić information content (AvgIpc) is 2.95. The molecule has 0 saturated carbocycles. The Bertz CT molecular complexity index is 660. The van der Waals surface area contributed by atoms with E-state index in [1.807, 2.05) is 47.4 Å². The first-order chi connectivity index (χ1) is 11.7. The van der Waals surface area contributed by atoms with Gasteiger partial charge in [0.15, 0.2) is 0 Å². The third-order valence-corrected chi connectivity index (χ3v) is 4.66. The molecule has 126 valence electrons. The van der Waals surface area contributed by atoms with Crippen LogP contribution < -0.4 is 5.32 Å². The Morgan fingerprint density at radius 3 is 2.79 bits per heavy atom. The van der Waals surface area contributed by atoms with Gasteiger partial charge in [-0.1, -0.05) is 29.8 Å². The summed E-state index contributed by atoms with van der Waals surface area (Å²) in [6.07, 6.45) is 4.36. The third kappa shape index (κ3) is 4.56. The highest BCUT2D eigenvalue weighted by molar-refractivity contribution is 6.30. The van der Waals surface area contributed by atoms with Crippen LogP contribution in [0.15, 0.2) is 48.7 Å². The van der Waals surface area contributed by atoms with Gasteiger partial charge in [-0.05, 0) is 49.2 Å². The highest BCUT2D eigenvalue weighted by Crippen LogP contribution is 2.24. The summed E-state index contributed by atoms with van der Waals surface area (Å²) in [7, 11) is 0. The SMILES string of the molecule is O=C1CCC(CCNCc2ccccn2)N1Cc1ccc(Cl)cc1. The maximum Gasteiger partial charge on any atom is 0.223 e. The van der Waals surface area contributed by atoms with Gasteiger partial charge < -0.3 is 10.2 Å². The normalized spacial score (nSPS) is 17.5. The van der Waals surface area contributed by atoms with Gasteiger partial charge in [0.2, 0.25) is 5.91 Å². The molecule has 2 heterocycles. The molecule has 5 heteroatoms. The van der Waals surface area contributed by atoms with E-state index in [1.54, 1.807) is 6.20 Å². The zero-order chi connectivity index (χ0) is 16.8. The van der Waals surface area contributed by atoms with Crippen LogP contribution >= 0.6 is 11.6 Å². The number of aromatic nitrogens is 1. The quantitative estimate of drug-likeness (QED) is 0.784. The van der Waals surface area contributed by atoms with Crippen molar-refractivity contribution in [3.8, 4) is 0 Å². The minimum atomic E-state index is 0.250. The van der Waals surface area contributed by atoms with E-state index in [1.165, 1.54) is 0 Å². The van der Waals surface area contributed by atoms with E-state index in [0.717, 1.165) is 42.2 Å². The van der Waals surface area contributed by atoms with Crippen molar-refractivity contribution in [3.05, 3.63) is 64.9 Å². The molecule has 4 nitrogen and oxygen atoms in total. The van der Waals surface area contributed by atoms with E-state index in [2.05, 4.69) is 10.3 Å². The first kappa shape index (κ1) is 16.9. The van der Waals surface area contributed by atoms with Crippen molar-refractivity contribution < 1.29 is 4.79 Å². The standard InChI is InChI=1S/C19H22ClN3O/c20-16-6-4-15(5-7-16)14-23-18(8-9-19(23)24)10-12-21-13-17-3-1-2-11-22-17/h1-7,11,18,21H,8-10,12-14H2. The van der Waals surface area contributed by atoms with Gasteiger partial charge in [-0.15, -0.1) is 0 Å².